The van der Waals surface area contributed by atoms with Crippen molar-refractivity contribution in [1.82, 2.24) is 0 Å². The Morgan fingerprint density at radius 2 is 2.29 bits per heavy atom. The fourth-order valence-electron chi connectivity index (χ4n) is 2.53. The first kappa shape index (κ1) is 9.57. The van der Waals surface area contributed by atoms with Gasteiger partial charge in [-0.2, -0.15) is 0 Å². The molecule has 1 aliphatic rings. The SMILES string of the molecule is CCC1CCCc2c(OC)cccc21. The van der Waals surface area contributed by atoms with E-state index in [2.05, 4.69) is 25.1 Å². The van der Waals surface area contributed by atoms with Gasteiger partial charge in [0.25, 0.3) is 0 Å². The Kier molecular flexibility index (Phi) is 2.76. The summed E-state index contributed by atoms with van der Waals surface area (Å²) < 4.78 is 5.41. The lowest BCUT2D eigenvalue weighted by molar-refractivity contribution is 0.402. The molecule has 1 heteroatoms. The van der Waals surface area contributed by atoms with Gasteiger partial charge in [-0.1, -0.05) is 19.1 Å². The van der Waals surface area contributed by atoms with Gasteiger partial charge in [0.2, 0.25) is 0 Å². The van der Waals surface area contributed by atoms with Crippen LogP contribution in [0.2, 0.25) is 0 Å². The van der Waals surface area contributed by atoms with Crippen LogP contribution in [0.15, 0.2) is 18.2 Å². The van der Waals surface area contributed by atoms with E-state index in [9.17, 15) is 0 Å². The molecule has 1 aliphatic carbocycles. The molecule has 0 radical (unpaired) electrons. The molecule has 0 spiro atoms. The molecule has 1 nitrogen and oxygen atoms in total. The van der Waals surface area contributed by atoms with Gasteiger partial charge >= 0.3 is 0 Å². The molecule has 0 N–H and O–H groups in total. The van der Waals surface area contributed by atoms with Gasteiger partial charge in [0.1, 0.15) is 5.75 Å². The van der Waals surface area contributed by atoms with Crippen LogP contribution in [0.1, 0.15) is 43.2 Å². The fourth-order valence-corrected chi connectivity index (χ4v) is 2.53. The van der Waals surface area contributed by atoms with Crippen LogP contribution in [-0.2, 0) is 6.42 Å². The van der Waals surface area contributed by atoms with Crippen molar-refractivity contribution in [3.8, 4) is 5.75 Å². The monoisotopic (exact) mass is 190 g/mol. The van der Waals surface area contributed by atoms with Crippen LogP contribution < -0.4 is 4.74 Å². The maximum atomic E-state index is 5.41. The van der Waals surface area contributed by atoms with Crippen LogP contribution in [0.4, 0.5) is 0 Å². The Morgan fingerprint density at radius 1 is 1.43 bits per heavy atom. The molecular weight excluding hydrogens is 172 g/mol. The number of ether oxygens (including phenoxy) is 1. The van der Waals surface area contributed by atoms with Gasteiger partial charge in [0.05, 0.1) is 7.11 Å². The average Bonchev–Trinajstić information content (AvgIpc) is 2.27. The molecule has 1 aromatic carbocycles. The lowest BCUT2D eigenvalue weighted by Gasteiger charge is -2.25. The normalized spacial score (nSPS) is 20.3. The van der Waals surface area contributed by atoms with Crippen molar-refractivity contribution in [2.24, 2.45) is 0 Å². The summed E-state index contributed by atoms with van der Waals surface area (Å²) in [4.78, 5) is 0. The third-order valence-electron chi connectivity index (χ3n) is 3.30. The van der Waals surface area contributed by atoms with E-state index in [1.165, 1.54) is 36.8 Å². The maximum Gasteiger partial charge on any atom is 0.122 e. The van der Waals surface area contributed by atoms with Gasteiger partial charge in [-0.15, -0.1) is 0 Å². The van der Waals surface area contributed by atoms with Crippen molar-refractivity contribution in [2.45, 2.75) is 38.5 Å². The minimum Gasteiger partial charge on any atom is -0.496 e. The first-order valence-electron chi connectivity index (χ1n) is 5.52. The van der Waals surface area contributed by atoms with E-state index in [4.69, 9.17) is 4.74 Å². The number of hydrogen-bond acceptors (Lipinski definition) is 1. The summed E-state index contributed by atoms with van der Waals surface area (Å²) in [5, 5.41) is 0. The summed E-state index contributed by atoms with van der Waals surface area (Å²) in [6, 6.07) is 6.47. The average molecular weight is 190 g/mol. The third kappa shape index (κ3) is 1.52. The van der Waals surface area contributed by atoms with E-state index in [1.807, 2.05) is 0 Å². The second-order valence-corrected chi connectivity index (χ2v) is 4.03. The predicted octanol–water partition coefficient (Wildman–Crippen LogP) is 3.53. The molecule has 14 heavy (non-hydrogen) atoms. The van der Waals surface area contributed by atoms with Gasteiger partial charge in [-0.05, 0) is 48.8 Å². The quantitative estimate of drug-likeness (QED) is 0.693. The number of hydrogen-bond donors (Lipinski definition) is 0. The van der Waals surface area contributed by atoms with Crippen LogP contribution >= 0.6 is 0 Å². The molecule has 0 saturated heterocycles. The van der Waals surface area contributed by atoms with Crippen LogP contribution in [0.3, 0.4) is 0 Å². The summed E-state index contributed by atoms with van der Waals surface area (Å²) in [6.45, 7) is 2.28. The molecular formula is C13H18O. The van der Waals surface area contributed by atoms with Gasteiger partial charge in [-0.3, -0.25) is 0 Å². The molecule has 1 aromatic rings. The molecule has 0 fully saturated rings. The highest BCUT2D eigenvalue weighted by atomic mass is 16.5. The molecule has 0 saturated carbocycles. The third-order valence-corrected chi connectivity index (χ3v) is 3.30. The van der Waals surface area contributed by atoms with E-state index in [-0.39, 0.29) is 0 Å². The molecule has 0 amide bonds. The summed E-state index contributed by atoms with van der Waals surface area (Å²) in [5.74, 6) is 1.84. The minimum absolute atomic E-state index is 0.758. The summed E-state index contributed by atoms with van der Waals surface area (Å²) in [5.41, 5.74) is 2.98. The molecule has 2 rings (SSSR count). The van der Waals surface area contributed by atoms with Crippen molar-refractivity contribution in [3.63, 3.8) is 0 Å². The number of fused-ring (bicyclic) bond motifs is 1. The molecule has 76 valence electrons. The van der Waals surface area contributed by atoms with Crippen molar-refractivity contribution in [1.29, 1.82) is 0 Å². The Balaban J connectivity index is 2.43. The predicted molar refractivity (Wildman–Crippen MR) is 59.0 cm³/mol. The van der Waals surface area contributed by atoms with Crippen molar-refractivity contribution < 1.29 is 4.74 Å². The second kappa shape index (κ2) is 4.04. The fraction of sp³-hybridized carbons (Fsp3) is 0.538. The zero-order valence-corrected chi connectivity index (χ0v) is 9.05. The molecule has 0 aromatic heterocycles. The number of methoxy groups -OCH3 is 1. The van der Waals surface area contributed by atoms with E-state index >= 15 is 0 Å². The van der Waals surface area contributed by atoms with E-state index in [0.717, 1.165) is 11.7 Å². The number of benzene rings is 1. The highest BCUT2D eigenvalue weighted by Crippen LogP contribution is 2.37. The highest BCUT2D eigenvalue weighted by Gasteiger charge is 2.20. The Bertz CT molecular complexity index is 317. The van der Waals surface area contributed by atoms with Crippen molar-refractivity contribution >= 4 is 0 Å². The zero-order valence-electron chi connectivity index (χ0n) is 9.05. The topological polar surface area (TPSA) is 9.23 Å². The zero-order chi connectivity index (χ0) is 9.97. The van der Waals surface area contributed by atoms with Gasteiger partial charge < -0.3 is 4.74 Å². The van der Waals surface area contributed by atoms with Crippen molar-refractivity contribution in [2.75, 3.05) is 7.11 Å². The summed E-state index contributed by atoms with van der Waals surface area (Å²) in [6.07, 6.45) is 5.10. The van der Waals surface area contributed by atoms with Gasteiger partial charge in [-0.25, -0.2) is 0 Å². The lowest BCUT2D eigenvalue weighted by atomic mass is 9.81. The first-order valence-corrected chi connectivity index (χ1v) is 5.52. The van der Waals surface area contributed by atoms with E-state index < -0.39 is 0 Å². The molecule has 0 heterocycles. The molecule has 0 bridgehead atoms. The van der Waals surface area contributed by atoms with Gasteiger partial charge in [0.15, 0.2) is 0 Å². The Hall–Kier alpha value is -0.980. The van der Waals surface area contributed by atoms with E-state index in [1.54, 1.807) is 7.11 Å². The van der Waals surface area contributed by atoms with Crippen LogP contribution in [0.25, 0.3) is 0 Å². The largest absolute Gasteiger partial charge is 0.496 e. The highest BCUT2D eigenvalue weighted by molar-refractivity contribution is 5.43. The molecule has 0 aliphatic heterocycles. The second-order valence-electron chi connectivity index (χ2n) is 4.03. The summed E-state index contributed by atoms with van der Waals surface area (Å²) in [7, 11) is 1.77. The van der Waals surface area contributed by atoms with Crippen LogP contribution in [0.5, 0.6) is 5.75 Å². The van der Waals surface area contributed by atoms with E-state index in [0.29, 0.717) is 0 Å². The van der Waals surface area contributed by atoms with Crippen molar-refractivity contribution in [3.05, 3.63) is 29.3 Å². The molecule has 1 atom stereocenters. The molecule has 1 unspecified atom stereocenters. The smallest absolute Gasteiger partial charge is 0.122 e. The summed E-state index contributed by atoms with van der Waals surface area (Å²) >= 11 is 0. The lowest BCUT2D eigenvalue weighted by Crippen LogP contribution is -2.10. The van der Waals surface area contributed by atoms with Crippen LogP contribution in [-0.4, -0.2) is 7.11 Å². The number of rotatable bonds is 2. The van der Waals surface area contributed by atoms with Crippen LogP contribution in [0, 0.1) is 0 Å². The minimum atomic E-state index is 0.758. The first-order chi connectivity index (χ1) is 6.86. The van der Waals surface area contributed by atoms with Gasteiger partial charge in [0, 0.05) is 0 Å². The Morgan fingerprint density at radius 3 is 3.00 bits per heavy atom. The Labute approximate surface area is 86.1 Å². The maximum absolute atomic E-state index is 5.41. The standard InChI is InChI=1S/C13H18O/c1-3-10-6-4-8-12-11(10)7-5-9-13(12)14-2/h5,7,9-10H,3-4,6,8H2,1-2H3.